The van der Waals surface area contributed by atoms with Crippen LogP contribution >= 0.6 is 0 Å². The molecule has 0 bridgehead atoms. The average Bonchev–Trinajstić information content (AvgIpc) is 2.45. The van der Waals surface area contributed by atoms with E-state index < -0.39 is 0 Å². The Morgan fingerprint density at radius 1 is 1.05 bits per heavy atom. The lowest BCUT2D eigenvalue weighted by Gasteiger charge is -2.29. The Bertz CT molecular complexity index is 457. The minimum Gasteiger partial charge on any atom is -0.496 e. The fraction of sp³-hybridized carbons (Fsp3) is 0.647. The second kappa shape index (κ2) is 6.04. The summed E-state index contributed by atoms with van der Waals surface area (Å²) < 4.78 is 11.3. The van der Waals surface area contributed by atoms with Crippen LogP contribution in [0.15, 0.2) is 12.1 Å². The first-order valence-electron chi connectivity index (χ1n) is 7.47. The molecule has 0 amide bonds. The number of nitrogens with one attached hydrogen (secondary N) is 1. The molecule has 0 radical (unpaired) electrons. The van der Waals surface area contributed by atoms with Crippen LogP contribution < -0.4 is 14.8 Å². The van der Waals surface area contributed by atoms with Gasteiger partial charge in [0.15, 0.2) is 0 Å². The van der Waals surface area contributed by atoms with Gasteiger partial charge in [-0.05, 0) is 36.9 Å². The maximum Gasteiger partial charge on any atom is 0.124 e. The molecule has 1 fully saturated rings. The molecule has 2 rings (SSSR count). The second-order valence-electron chi connectivity index (χ2n) is 6.55. The Morgan fingerprint density at radius 2 is 1.75 bits per heavy atom. The zero-order valence-corrected chi connectivity index (χ0v) is 13.4. The maximum absolute atomic E-state index is 5.64. The van der Waals surface area contributed by atoms with Crippen LogP contribution in [-0.2, 0) is 5.41 Å². The first-order valence-corrected chi connectivity index (χ1v) is 7.47. The summed E-state index contributed by atoms with van der Waals surface area (Å²) in [4.78, 5) is 0. The SMILES string of the molecule is COc1cc(C(C)(C)C)c(OC)cc1C1CCCCN1. The smallest absolute Gasteiger partial charge is 0.124 e. The summed E-state index contributed by atoms with van der Waals surface area (Å²) >= 11 is 0. The molecule has 1 N–H and O–H groups in total. The number of rotatable bonds is 3. The Labute approximate surface area is 122 Å². The van der Waals surface area contributed by atoms with E-state index in [4.69, 9.17) is 9.47 Å². The van der Waals surface area contributed by atoms with Gasteiger partial charge in [0.2, 0.25) is 0 Å². The van der Waals surface area contributed by atoms with E-state index >= 15 is 0 Å². The van der Waals surface area contributed by atoms with Gasteiger partial charge in [-0.15, -0.1) is 0 Å². The van der Waals surface area contributed by atoms with Crippen LogP contribution in [0.1, 0.15) is 57.2 Å². The van der Waals surface area contributed by atoms with Crippen LogP contribution in [0.2, 0.25) is 0 Å². The van der Waals surface area contributed by atoms with Crippen molar-refractivity contribution >= 4 is 0 Å². The van der Waals surface area contributed by atoms with Crippen LogP contribution in [-0.4, -0.2) is 20.8 Å². The topological polar surface area (TPSA) is 30.5 Å². The van der Waals surface area contributed by atoms with E-state index in [9.17, 15) is 0 Å². The molecule has 0 saturated carbocycles. The molecule has 1 unspecified atom stereocenters. The minimum absolute atomic E-state index is 0.0388. The molecule has 1 aliphatic heterocycles. The molecule has 1 aliphatic rings. The predicted octanol–water partition coefficient (Wildman–Crippen LogP) is 3.82. The normalized spacial score (nSPS) is 19.8. The first-order chi connectivity index (χ1) is 9.47. The van der Waals surface area contributed by atoms with Crippen molar-refractivity contribution in [1.29, 1.82) is 0 Å². The van der Waals surface area contributed by atoms with Crippen LogP contribution in [0.3, 0.4) is 0 Å². The third kappa shape index (κ3) is 3.09. The average molecular weight is 277 g/mol. The highest BCUT2D eigenvalue weighted by atomic mass is 16.5. The minimum atomic E-state index is 0.0388. The van der Waals surface area contributed by atoms with Gasteiger partial charge in [0.05, 0.1) is 14.2 Å². The lowest BCUT2D eigenvalue weighted by molar-refractivity contribution is 0.362. The highest BCUT2D eigenvalue weighted by Gasteiger charge is 2.25. The van der Waals surface area contributed by atoms with E-state index in [0.717, 1.165) is 24.5 Å². The molecule has 112 valence electrons. The van der Waals surface area contributed by atoms with Gasteiger partial charge in [-0.1, -0.05) is 27.2 Å². The highest BCUT2D eigenvalue weighted by Crippen LogP contribution is 2.40. The number of methoxy groups -OCH3 is 2. The number of benzene rings is 1. The summed E-state index contributed by atoms with van der Waals surface area (Å²) in [5.74, 6) is 1.93. The molecule has 1 saturated heterocycles. The summed E-state index contributed by atoms with van der Waals surface area (Å²) in [7, 11) is 3.50. The van der Waals surface area contributed by atoms with E-state index in [0.29, 0.717) is 6.04 Å². The zero-order valence-electron chi connectivity index (χ0n) is 13.4. The van der Waals surface area contributed by atoms with Gasteiger partial charge in [0, 0.05) is 17.2 Å². The molecule has 1 aromatic carbocycles. The van der Waals surface area contributed by atoms with Crippen molar-refractivity contribution in [2.24, 2.45) is 0 Å². The molecule has 3 heteroatoms. The lowest BCUT2D eigenvalue weighted by atomic mass is 9.84. The van der Waals surface area contributed by atoms with Gasteiger partial charge in [-0.25, -0.2) is 0 Å². The van der Waals surface area contributed by atoms with Crippen molar-refractivity contribution in [3.05, 3.63) is 23.3 Å². The van der Waals surface area contributed by atoms with Crippen LogP contribution in [0.5, 0.6) is 11.5 Å². The summed E-state index contributed by atoms with van der Waals surface area (Å²) in [5, 5.41) is 3.58. The fourth-order valence-electron chi connectivity index (χ4n) is 2.90. The van der Waals surface area contributed by atoms with Crippen molar-refractivity contribution in [1.82, 2.24) is 5.32 Å². The van der Waals surface area contributed by atoms with Gasteiger partial charge >= 0.3 is 0 Å². The Balaban J connectivity index is 2.46. The van der Waals surface area contributed by atoms with E-state index in [1.54, 1.807) is 14.2 Å². The number of hydrogen-bond donors (Lipinski definition) is 1. The maximum atomic E-state index is 5.64. The zero-order chi connectivity index (χ0) is 14.8. The fourth-order valence-corrected chi connectivity index (χ4v) is 2.90. The van der Waals surface area contributed by atoms with E-state index in [1.807, 2.05) is 0 Å². The van der Waals surface area contributed by atoms with Crippen LogP contribution in [0, 0.1) is 0 Å². The molecule has 1 atom stereocenters. The Hall–Kier alpha value is -1.22. The van der Waals surface area contributed by atoms with E-state index in [2.05, 4.69) is 38.2 Å². The van der Waals surface area contributed by atoms with Crippen molar-refractivity contribution < 1.29 is 9.47 Å². The number of hydrogen-bond acceptors (Lipinski definition) is 3. The van der Waals surface area contributed by atoms with E-state index in [1.165, 1.54) is 24.0 Å². The molecule has 0 aliphatic carbocycles. The summed E-state index contributed by atoms with van der Waals surface area (Å²) in [6.07, 6.45) is 3.69. The third-order valence-corrected chi connectivity index (χ3v) is 4.05. The van der Waals surface area contributed by atoms with Crippen molar-refractivity contribution in [2.75, 3.05) is 20.8 Å². The monoisotopic (exact) mass is 277 g/mol. The lowest BCUT2D eigenvalue weighted by Crippen LogP contribution is -2.27. The van der Waals surface area contributed by atoms with Gasteiger partial charge in [0.25, 0.3) is 0 Å². The molecular formula is C17H27NO2. The number of piperidine rings is 1. The first kappa shape index (κ1) is 15.2. The van der Waals surface area contributed by atoms with Crippen molar-refractivity contribution in [3.63, 3.8) is 0 Å². The third-order valence-electron chi connectivity index (χ3n) is 4.05. The molecule has 3 nitrogen and oxygen atoms in total. The van der Waals surface area contributed by atoms with Gasteiger partial charge < -0.3 is 14.8 Å². The quantitative estimate of drug-likeness (QED) is 0.911. The highest BCUT2D eigenvalue weighted by molar-refractivity contribution is 5.50. The van der Waals surface area contributed by atoms with Gasteiger partial charge in [0.1, 0.15) is 11.5 Å². The summed E-state index contributed by atoms with van der Waals surface area (Å²) in [6, 6.07) is 4.67. The van der Waals surface area contributed by atoms with Crippen LogP contribution in [0.4, 0.5) is 0 Å². The molecule has 0 aromatic heterocycles. The Kier molecular flexibility index (Phi) is 4.59. The standard InChI is InChI=1S/C17H27NO2/c1-17(2,3)13-11-15(19-4)12(10-16(13)20-5)14-8-6-7-9-18-14/h10-11,14,18H,6-9H2,1-5H3. The Morgan fingerprint density at radius 3 is 2.25 bits per heavy atom. The molecule has 1 heterocycles. The van der Waals surface area contributed by atoms with Gasteiger partial charge in [-0.3, -0.25) is 0 Å². The predicted molar refractivity (Wildman–Crippen MR) is 82.8 cm³/mol. The molecule has 1 aromatic rings. The number of ether oxygens (including phenoxy) is 2. The molecular weight excluding hydrogens is 250 g/mol. The molecule has 20 heavy (non-hydrogen) atoms. The summed E-state index contributed by atoms with van der Waals surface area (Å²) in [6.45, 7) is 7.67. The van der Waals surface area contributed by atoms with Crippen LogP contribution in [0.25, 0.3) is 0 Å². The van der Waals surface area contributed by atoms with Gasteiger partial charge in [-0.2, -0.15) is 0 Å². The second-order valence-corrected chi connectivity index (χ2v) is 6.55. The molecule has 0 spiro atoms. The summed E-state index contributed by atoms with van der Waals surface area (Å²) in [5.41, 5.74) is 2.45. The van der Waals surface area contributed by atoms with E-state index in [-0.39, 0.29) is 5.41 Å². The van der Waals surface area contributed by atoms with Crippen molar-refractivity contribution in [2.45, 2.75) is 51.5 Å². The largest absolute Gasteiger partial charge is 0.496 e. The van der Waals surface area contributed by atoms with Crippen molar-refractivity contribution in [3.8, 4) is 11.5 Å².